The fraction of sp³-hybridized carbons (Fsp3) is 0.190. The summed E-state index contributed by atoms with van der Waals surface area (Å²) in [5, 5.41) is 0. The summed E-state index contributed by atoms with van der Waals surface area (Å²) in [6.45, 7) is 3.37. The lowest BCUT2D eigenvalue weighted by molar-refractivity contribution is 0.0474. The summed E-state index contributed by atoms with van der Waals surface area (Å²) in [6.07, 6.45) is 1.48. The summed E-state index contributed by atoms with van der Waals surface area (Å²) >= 11 is 3.46. The molecule has 1 aromatic carbocycles. The number of aryl methyl sites for hydroxylation is 2. The smallest absolute Gasteiger partial charge is 0.338 e. The molecule has 0 unspecified atom stereocenters. The molecule has 0 aliphatic heterocycles. The van der Waals surface area contributed by atoms with E-state index in [0.717, 1.165) is 21.5 Å². The molecular formula is C21H19BrN2O4. The lowest BCUT2D eigenvalue weighted by Gasteiger charge is -2.10. The molecule has 0 saturated carbocycles. The number of hydrogen-bond acceptors (Lipinski definition) is 4. The number of ketones is 1. The molecule has 3 rings (SSSR count). The quantitative estimate of drug-likeness (QED) is 0.447. The number of pyridine rings is 1. The van der Waals surface area contributed by atoms with Gasteiger partial charge < -0.3 is 13.9 Å². The molecule has 0 saturated heterocycles. The molecule has 0 fully saturated rings. The van der Waals surface area contributed by atoms with Crippen LogP contribution >= 0.6 is 15.9 Å². The monoisotopic (exact) mass is 442 g/mol. The second-order valence-electron chi connectivity index (χ2n) is 6.46. The van der Waals surface area contributed by atoms with Gasteiger partial charge in [0, 0.05) is 46.4 Å². The molecule has 0 aliphatic carbocycles. The Labute approximate surface area is 170 Å². The predicted octanol–water partition coefficient (Wildman–Crippen LogP) is 3.60. The molecule has 0 amide bonds. The summed E-state index contributed by atoms with van der Waals surface area (Å²) in [4.78, 5) is 36.4. The van der Waals surface area contributed by atoms with E-state index in [1.165, 1.54) is 22.9 Å². The van der Waals surface area contributed by atoms with Crippen LogP contribution < -0.4 is 5.56 Å². The van der Waals surface area contributed by atoms with Crippen LogP contribution in [0.1, 0.15) is 32.1 Å². The number of nitrogens with zero attached hydrogens (tertiary/aromatic N) is 2. The van der Waals surface area contributed by atoms with Gasteiger partial charge in [-0.05, 0) is 44.2 Å². The van der Waals surface area contributed by atoms with Crippen molar-refractivity contribution in [1.82, 2.24) is 9.13 Å². The summed E-state index contributed by atoms with van der Waals surface area (Å²) < 4.78 is 9.37. The lowest BCUT2D eigenvalue weighted by Crippen LogP contribution is -2.19. The van der Waals surface area contributed by atoms with E-state index in [-0.39, 0.29) is 16.9 Å². The van der Waals surface area contributed by atoms with Gasteiger partial charge in [-0.15, -0.1) is 0 Å². The van der Waals surface area contributed by atoms with E-state index in [4.69, 9.17) is 4.74 Å². The molecule has 0 aliphatic rings. The van der Waals surface area contributed by atoms with E-state index < -0.39 is 12.6 Å². The molecule has 7 heteroatoms. The van der Waals surface area contributed by atoms with Crippen LogP contribution in [-0.4, -0.2) is 27.5 Å². The Morgan fingerprint density at radius 3 is 2.54 bits per heavy atom. The lowest BCUT2D eigenvalue weighted by atomic mass is 10.1. The zero-order chi connectivity index (χ0) is 20.4. The fourth-order valence-corrected chi connectivity index (χ4v) is 3.41. The van der Waals surface area contributed by atoms with Gasteiger partial charge in [0.25, 0.3) is 5.56 Å². The van der Waals surface area contributed by atoms with E-state index in [0.29, 0.717) is 5.56 Å². The van der Waals surface area contributed by atoms with Crippen molar-refractivity contribution in [3.8, 4) is 5.69 Å². The van der Waals surface area contributed by atoms with Crippen molar-refractivity contribution in [2.45, 2.75) is 13.8 Å². The zero-order valence-corrected chi connectivity index (χ0v) is 17.3. The molecule has 144 valence electrons. The largest absolute Gasteiger partial charge is 0.454 e. The maximum atomic E-state index is 12.6. The first-order valence-electron chi connectivity index (χ1n) is 8.60. The molecule has 0 radical (unpaired) electrons. The molecule has 0 N–H and O–H groups in total. The van der Waals surface area contributed by atoms with Gasteiger partial charge in [-0.25, -0.2) is 4.79 Å². The highest BCUT2D eigenvalue weighted by Gasteiger charge is 2.19. The van der Waals surface area contributed by atoms with Crippen LogP contribution in [0, 0.1) is 13.8 Å². The van der Waals surface area contributed by atoms with Gasteiger partial charge in [0.2, 0.25) is 5.78 Å². The summed E-state index contributed by atoms with van der Waals surface area (Å²) in [6, 6.07) is 12.2. The number of benzene rings is 1. The number of hydrogen-bond donors (Lipinski definition) is 0. The molecule has 2 aromatic heterocycles. The number of carbonyl (C=O) groups excluding carboxylic acids is 2. The second kappa shape index (κ2) is 7.98. The minimum Gasteiger partial charge on any atom is -0.454 e. The van der Waals surface area contributed by atoms with E-state index in [1.54, 1.807) is 13.1 Å². The number of ether oxygens (including phenoxy) is 1. The van der Waals surface area contributed by atoms with Gasteiger partial charge in [0.05, 0.1) is 5.56 Å². The van der Waals surface area contributed by atoms with Crippen LogP contribution in [0.15, 0.2) is 57.9 Å². The van der Waals surface area contributed by atoms with Crippen LogP contribution in [0.25, 0.3) is 5.69 Å². The highest BCUT2D eigenvalue weighted by Crippen LogP contribution is 2.23. The minimum absolute atomic E-state index is 0.121. The van der Waals surface area contributed by atoms with Crippen LogP contribution in [0.5, 0.6) is 0 Å². The van der Waals surface area contributed by atoms with Gasteiger partial charge in [0.1, 0.15) is 0 Å². The third kappa shape index (κ3) is 3.99. The van der Waals surface area contributed by atoms with Crippen molar-refractivity contribution in [3.05, 3.63) is 86.0 Å². The first-order chi connectivity index (χ1) is 13.3. The zero-order valence-electron chi connectivity index (χ0n) is 15.7. The van der Waals surface area contributed by atoms with Crippen molar-refractivity contribution in [2.24, 2.45) is 7.05 Å². The van der Waals surface area contributed by atoms with E-state index in [9.17, 15) is 14.4 Å². The Balaban J connectivity index is 1.78. The Kier molecular flexibility index (Phi) is 5.65. The molecule has 3 aromatic rings. The van der Waals surface area contributed by atoms with Crippen molar-refractivity contribution >= 4 is 27.7 Å². The molecule has 0 atom stereocenters. The third-order valence-corrected chi connectivity index (χ3v) is 4.97. The normalized spacial score (nSPS) is 10.7. The highest BCUT2D eigenvalue weighted by atomic mass is 79.9. The molecule has 28 heavy (non-hydrogen) atoms. The van der Waals surface area contributed by atoms with Gasteiger partial charge in [0.15, 0.2) is 6.61 Å². The van der Waals surface area contributed by atoms with Crippen LogP contribution in [0.4, 0.5) is 0 Å². The van der Waals surface area contributed by atoms with E-state index in [2.05, 4.69) is 15.9 Å². The average molecular weight is 443 g/mol. The van der Waals surface area contributed by atoms with E-state index >= 15 is 0 Å². The number of rotatable bonds is 5. The maximum Gasteiger partial charge on any atom is 0.338 e. The number of halogens is 1. The second-order valence-corrected chi connectivity index (χ2v) is 7.38. The SMILES string of the molecule is Cc1cc(C(=O)COC(=O)c2ccn(C)c(=O)c2)c(C)n1-c1cccc(Br)c1. The molecule has 0 spiro atoms. The standard InChI is InChI=1S/C21H19BrN2O4/c1-13-9-18(14(2)24(13)17-6-4-5-16(22)11-17)19(25)12-28-21(27)15-7-8-23(3)20(26)10-15/h4-11H,12H2,1-3H3. The summed E-state index contributed by atoms with van der Waals surface area (Å²) in [5.41, 5.74) is 2.89. The Morgan fingerprint density at radius 2 is 1.86 bits per heavy atom. The number of esters is 1. The maximum absolute atomic E-state index is 12.6. The first kappa shape index (κ1) is 19.8. The van der Waals surface area contributed by atoms with Crippen molar-refractivity contribution in [1.29, 1.82) is 0 Å². The highest BCUT2D eigenvalue weighted by molar-refractivity contribution is 9.10. The third-order valence-electron chi connectivity index (χ3n) is 4.47. The number of Topliss-reactive ketones (excluding diaryl/α,β-unsaturated/α-hetero) is 1. The van der Waals surface area contributed by atoms with Gasteiger partial charge in [-0.2, -0.15) is 0 Å². The first-order valence-corrected chi connectivity index (χ1v) is 9.39. The van der Waals surface area contributed by atoms with Crippen molar-refractivity contribution in [2.75, 3.05) is 6.61 Å². The number of carbonyl (C=O) groups is 2. The fourth-order valence-electron chi connectivity index (χ4n) is 3.03. The van der Waals surface area contributed by atoms with Crippen LogP contribution in [0.2, 0.25) is 0 Å². The molecule has 2 heterocycles. The Hall–Kier alpha value is -2.93. The van der Waals surface area contributed by atoms with Crippen LogP contribution in [0.3, 0.4) is 0 Å². The van der Waals surface area contributed by atoms with Gasteiger partial charge in [-0.3, -0.25) is 9.59 Å². The van der Waals surface area contributed by atoms with Crippen molar-refractivity contribution in [3.63, 3.8) is 0 Å². The topological polar surface area (TPSA) is 70.3 Å². The van der Waals surface area contributed by atoms with Crippen LogP contribution in [-0.2, 0) is 11.8 Å². The molecule has 0 bridgehead atoms. The average Bonchev–Trinajstić information content (AvgIpc) is 2.96. The van der Waals surface area contributed by atoms with Gasteiger partial charge >= 0.3 is 5.97 Å². The summed E-state index contributed by atoms with van der Waals surface area (Å²) in [5.74, 6) is -1.00. The van der Waals surface area contributed by atoms with Gasteiger partial charge in [-0.1, -0.05) is 22.0 Å². The Bertz CT molecular complexity index is 1130. The van der Waals surface area contributed by atoms with Crippen molar-refractivity contribution < 1.29 is 14.3 Å². The van der Waals surface area contributed by atoms with E-state index in [1.807, 2.05) is 42.7 Å². The number of aromatic nitrogens is 2. The Morgan fingerprint density at radius 1 is 1.11 bits per heavy atom. The predicted molar refractivity (Wildman–Crippen MR) is 109 cm³/mol. The molecule has 6 nitrogen and oxygen atoms in total. The summed E-state index contributed by atoms with van der Waals surface area (Å²) in [7, 11) is 1.59. The molecular weight excluding hydrogens is 424 g/mol. The minimum atomic E-state index is -0.702.